The van der Waals surface area contributed by atoms with Crippen molar-refractivity contribution in [2.45, 2.75) is 26.0 Å². The Kier molecular flexibility index (Phi) is 3.63. The molecule has 6 heteroatoms. The lowest BCUT2D eigenvalue weighted by molar-refractivity contribution is 0.193. The second-order valence-corrected chi connectivity index (χ2v) is 4.75. The third kappa shape index (κ3) is 2.28. The first-order chi connectivity index (χ1) is 8.15. The third-order valence-corrected chi connectivity index (χ3v) is 3.24. The van der Waals surface area contributed by atoms with E-state index in [1.807, 2.05) is 17.9 Å². The number of imidazole rings is 1. The second-order valence-electron chi connectivity index (χ2n) is 3.90. The standard InChI is InChI=1S/C11H15BrN4O/c1-3-5-16-9(8(12)7-14-16)10(17)11-13-4-6-15(11)2/h4,6-7,10,17H,3,5H2,1-2H3. The summed E-state index contributed by atoms with van der Waals surface area (Å²) < 4.78 is 4.42. The molecule has 2 aromatic heterocycles. The van der Waals surface area contributed by atoms with Crippen molar-refractivity contribution in [3.8, 4) is 0 Å². The lowest BCUT2D eigenvalue weighted by atomic mass is 10.2. The largest absolute Gasteiger partial charge is 0.379 e. The fraction of sp³-hybridized carbons (Fsp3) is 0.455. The minimum absolute atomic E-state index is 0.614. The molecule has 0 aromatic carbocycles. The van der Waals surface area contributed by atoms with Gasteiger partial charge in [0.05, 0.1) is 16.4 Å². The first-order valence-corrected chi connectivity index (χ1v) is 6.31. The molecule has 0 bridgehead atoms. The molecule has 0 radical (unpaired) electrons. The van der Waals surface area contributed by atoms with Crippen LogP contribution in [0.15, 0.2) is 23.1 Å². The van der Waals surface area contributed by atoms with E-state index in [9.17, 15) is 5.11 Å². The van der Waals surface area contributed by atoms with Gasteiger partial charge in [-0.05, 0) is 22.4 Å². The van der Waals surface area contributed by atoms with Gasteiger partial charge in [0.1, 0.15) is 5.82 Å². The highest BCUT2D eigenvalue weighted by Crippen LogP contribution is 2.27. The van der Waals surface area contributed by atoms with Crippen molar-refractivity contribution in [3.05, 3.63) is 34.6 Å². The predicted octanol–water partition coefficient (Wildman–Crippen LogP) is 1.87. The molecule has 0 aliphatic carbocycles. The molecule has 92 valence electrons. The number of aryl methyl sites for hydroxylation is 2. The molecular formula is C11H15BrN4O. The van der Waals surface area contributed by atoms with Gasteiger partial charge in [-0.2, -0.15) is 5.10 Å². The van der Waals surface area contributed by atoms with Crippen LogP contribution in [0.3, 0.4) is 0 Å². The highest BCUT2D eigenvalue weighted by atomic mass is 79.9. The van der Waals surface area contributed by atoms with E-state index < -0.39 is 6.10 Å². The highest BCUT2D eigenvalue weighted by Gasteiger charge is 2.22. The third-order valence-electron chi connectivity index (χ3n) is 2.63. The minimum atomic E-state index is -0.765. The van der Waals surface area contributed by atoms with E-state index in [1.54, 1.807) is 17.0 Å². The van der Waals surface area contributed by atoms with E-state index in [0.717, 1.165) is 23.1 Å². The zero-order valence-electron chi connectivity index (χ0n) is 9.84. The van der Waals surface area contributed by atoms with E-state index in [2.05, 4.69) is 32.9 Å². The quantitative estimate of drug-likeness (QED) is 0.937. The van der Waals surface area contributed by atoms with Crippen LogP contribution in [0.2, 0.25) is 0 Å². The maximum atomic E-state index is 10.4. The van der Waals surface area contributed by atoms with Crippen molar-refractivity contribution in [1.29, 1.82) is 0 Å². The average molecular weight is 299 g/mol. The highest BCUT2D eigenvalue weighted by molar-refractivity contribution is 9.10. The summed E-state index contributed by atoms with van der Waals surface area (Å²) in [7, 11) is 1.86. The van der Waals surface area contributed by atoms with Crippen LogP contribution >= 0.6 is 15.9 Å². The smallest absolute Gasteiger partial charge is 0.154 e. The Hall–Kier alpha value is -1.14. The van der Waals surface area contributed by atoms with Crippen molar-refractivity contribution in [2.24, 2.45) is 7.05 Å². The second kappa shape index (κ2) is 5.01. The molecule has 17 heavy (non-hydrogen) atoms. The Morgan fingerprint density at radius 1 is 1.53 bits per heavy atom. The summed E-state index contributed by atoms with van der Waals surface area (Å²) in [6.07, 6.45) is 5.39. The van der Waals surface area contributed by atoms with Crippen molar-refractivity contribution in [2.75, 3.05) is 0 Å². The minimum Gasteiger partial charge on any atom is -0.379 e. The van der Waals surface area contributed by atoms with Gasteiger partial charge in [0, 0.05) is 26.0 Å². The van der Waals surface area contributed by atoms with E-state index in [1.165, 1.54) is 0 Å². The lowest BCUT2D eigenvalue weighted by Crippen LogP contribution is -2.14. The zero-order valence-corrected chi connectivity index (χ0v) is 11.4. The van der Waals surface area contributed by atoms with Gasteiger partial charge in [0.2, 0.25) is 0 Å². The lowest BCUT2D eigenvalue weighted by Gasteiger charge is -2.13. The van der Waals surface area contributed by atoms with Crippen LogP contribution in [0.5, 0.6) is 0 Å². The normalized spacial score (nSPS) is 12.9. The molecule has 0 fully saturated rings. The molecule has 0 aliphatic heterocycles. The molecule has 0 saturated carbocycles. The van der Waals surface area contributed by atoms with Crippen LogP contribution in [0.1, 0.15) is 31.0 Å². The summed E-state index contributed by atoms with van der Waals surface area (Å²) in [4.78, 5) is 4.17. The number of aliphatic hydroxyl groups excluding tert-OH is 1. The Bertz CT molecular complexity index is 505. The zero-order chi connectivity index (χ0) is 12.4. The number of nitrogens with zero attached hydrogens (tertiary/aromatic N) is 4. The van der Waals surface area contributed by atoms with Gasteiger partial charge in [-0.15, -0.1) is 0 Å². The fourth-order valence-corrected chi connectivity index (χ4v) is 2.31. The summed E-state index contributed by atoms with van der Waals surface area (Å²) in [5.41, 5.74) is 0.751. The summed E-state index contributed by atoms with van der Waals surface area (Å²) in [5.74, 6) is 0.614. The van der Waals surface area contributed by atoms with E-state index in [0.29, 0.717) is 5.82 Å². The summed E-state index contributed by atoms with van der Waals surface area (Å²) in [6, 6.07) is 0. The molecule has 0 spiro atoms. The van der Waals surface area contributed by atoms with Gasteiger partial charge in [0.25, 0.3) is 0 Å². The van der Waals surface area contributed by atoms with Gasteiger partial charge >= 0.3 is 0 Å². The van der Waals surface area contributed by atoms with Crippen molar-refractivity contribution >= 4 is 15.9 Å². The Morgan fingerprint density at radius 3 is 2.88 bits per heavy atom. The van der Waals surface area contributed by atoms with Crippen LogP contribution < -0.4 is 0 Å². The molecule has 0 aliphatic rings. The topological polar surface area (TPSA) is 55.9 Å². The van der Waals surface area contributed by atoms with Crippen LogP contribution in [-0.4, -0.2) is 24.4 Å². The molecule has 2 rings (SSSR count). The van der Waals surface area contributed by atoms with Crippen molar-refractivity contribution in [1.82, 2.24) is 19.3 Å². The molecule has 0 amide bonds. The van der Waals surface area contributed by atoms with E-state index in [-0.39, 0.29) is 0 Å². The van der Waals surface area contributed by atoms with Crippen molar-refractivity contribution in [3.63, 3.8) is 0 Å². The SMILES string of the molecule is CCCn1ncc(Br)c1C(O)c1nccn1C. The van der Waals surface area contributed by atoms with Gasteiger partial charge in [-0.25, -0.2) is 4.98 Å². The molecule has 2 aromatic rings. The Morgan fingerprint density at radius 2 is 2.29 bits per heavy atom. The van der Waals surface area contributed by atoms with Crippen molar-refractivity contribution < 1.29 is 5.11 Å². The molecule has 1 atom stereocenters. The molecule has 2 heterocycles. The summed E-state index contributed by atoms with van der Waals surface area (Å²) in [5, 5.41) is 14.6. The predicted molar refractivity (Wildman–Crippen MR) is 67.5 cm³/mol. The van der Waals surface area contributed by atoms with E-state index >= 15 is 0 Å². The number of aromatic nitrogens is 4. The maximum Gasteiger partial charge on any atom is 0.154 e. The number of hydrogen-bond acceptors (Lipinski definition) is 3. The molecule has 1 unspecified atom stereocenters. The van der Waals surface area contributed by atoms with Crippen LogP contribution in [-0.2, 0) is 13.6 Å². The Labute approximate surface area is 108 Å². The van der Waals surface area contributed by atoms with Gasteiger partial charge in [-0.1, -0.05) is 6.92 Å². The molecule has 1 N–H and O–H groups in total. The van der Waals surface area contributed by atoms with Gasteiger partial charge in [0.15, 0.2) is 6.10 Å². The number of halogens is 1. The molecule has 5 nitrogen and oxygen atoms in total. The van der Waals surface area contributed by atoms with Gasteiger partial charge in [-0.3, -0.25) is 4.68 Å². The Balaban J connectivity index is 2.39. The monoisotopic (exact) mass is 298 g/mol. The average Bonchev–Trinajstić information content (AvgIpc) is 2.86. The van der Waals surface area contributed by atoms with Gasteiger partial charge < -0.3 is 9.67 Å². The first kappa shape index (κ1) is 12.3. The van der Waals surface area contributed by atoms with Crippen LogP contribution in [0.4, 0.5) is 0 Å². The molecular weight excluding hydrogens is 284 g/mol. The fourth-order valence-electron chi connectivity index (χ4n) is 1.80. The molecule has 0 saturated heterocycles. The van der Waals surface area contributed by atoms with Crippen LogP contribution in [0.25, 0.3) is 0 Å². The summed E-state index contributed by atoms with van der Waals surface area (Å²) in [6.45, 7) is 2.86. The number of rotatable bonds is 4. The van der Waals surface area contributed by atoms with Crippen LogP contribution in [0, 0.1) is 0 Å². The first-order valence-electron chi connectivity index (χ1n) is 5.51. The van der Waals surface area contributed by atoms with E-state index in [4.69, 9.17) is 0 Å². The summed E-state index contributed by atoms with van der Waals surface area (Å²) >= 11 is 3.42. The number of aliphatic hydroxyl groups is 1. The maximum absolute atomic E-state index is 10.4. The number of hydrogen-bond donors (Lipinski definition) is 1.